The molecule has 2 heterocycles. The summed E-state index contributed by atoms with van der Waals surface area (Å²) in [4.78, 5) is 8.24. The second kappa shape index (κ2) is 5.71. The summed E-state index contributed by atoms with van der Waals surface area (Å²) in [6.45, 7) is 2.85. The van der Waals surface area contributed by atoms with E-state index < -0.39 is 10.0 Å². The maximum Gasteiger partial charge on any atom is 0.249 e. The molecular formula is C10H18N4O3S2. The molecule has 1 aromatic heterocycles. The molecule has 1 aliphatic heterocycles. The Morgan fingerprint density at radius 2 is 2.37 bits per heavy atom. The van der Waals surface area contributed by atoms with Gasteiger partial charge in [-0.2, -0.15) is 0 Å². The van der Waals surface area contributed by atoms with Crippen molar-refractivity contribution >= 4 is 26.5 Å². The Hall–Kier alpha value is -0.740. The molecule has 1 aliphatic rings. The van der Waals surface area contributed by atoms with Crippen LogP contribution in [0.1, 0.15) is 0 Å². The molecule has 0 aromatic carbocycles. The van der Waals surface area contributed by atoms with Crippen LogP contribution in [0, 0.1) is 0 Å². The number of aromatic nitrogens is 1. The molecular weight excluding hydrogens is 288 g/mol. The van der Waals surface area contributed by atoms with E-state index in [9.17, 15) is 8.42 Å². The van der Waals surface area contributed by atoms with E-state index in [0.717, 1.165) is 17.9 Å². The molecule has 0 aliphatic carbocycles. The fourth-order valence-corrected chi connectivity index (χ4v) is 3.51. The quantitative estimate of drug-likeness (QED) is 0.811. The maximum absolute atomic E-state index is 11.2. The largest absolute Gasteiger partial charge is 0.373 e. The van der Waals surface area contributed by atoms with E-state index in [1.807, 2.05) is 19.0 Å². The molecule has 7 nitrogen and oxygen atoms in total. The monoisotopic (exact) mass is 306 g/mol. The third-order valence-electron chi connectivity index (χ3n) is 2.73. The average Bonchev–Trinajstić information content (AvgIpc) is 2.77. The summed E-state index contributed by atoms with van der Waals surface area (Å²) in [5, 5.41) is 5.76. The van der Waals surface area contributed by atoms with Crippen LogP contribution in [0.25, 0.3) is 0 Å². The lowest BCUT2D eigenvalue weighted by atomic mass is 10.3. The van der Waals surface area contributed by atoms with E-state index in [0.29, 0.717) is 24.8 Å². The van der Waals surface area contributed by atoms with Crippen molar-refractivity contribution in [3.05, 3.63) is 6.20 Å². The Morgan fingerprint density at radius 3 is 2.95 bits per heavy atom. The summed E-state index contributed by atoms with van der Waals surface area (Å²) < 4.78 is 28.2. The minimum Gasteiger partial charge on any atom is -0.373 e. The van der Waals surface area contributed by atoms with E-state index in [-0.39, 0.29) is 10.3 Å². The van der Waals surface area contributed by atoms with Crippen molar-refractivity contribution in [2.24, 2.45) is 5.14 Å². The molecule has 0 spiro atoms. The van der Waals surface area contributed by atoms with Crippen LogP contribution >= 0.6 is 11.3 Å². The Labute approximate surface area is 117 Å². The van der Waals surface area contributed by atoms with E-state index in [1.54, 1.807) is 0 Å². The van der Waals surface area contributed by atoms with Gasteiger partial charge < -0.3 is 14.5 Å². The van der Waals surface area contributed by atoms with Gasteiger partial charge in [0.2, 0.25) is 10.0 Å². The van der Waals surface area contributed by atoms with Crippen molar-refractivity contribution in [2.45, 2.75) is 10.3 Å². The van der Waals surface area contributed by atoms with Gasteiger partial charge in [-0.3, -0.25) is 0 Å². The predicted octanol–water partition coefficient (Wildman–Crippen LogP) is -0.443. The Morgan fingerprint density at radius 1 is 1.63 bits per heavy atom. The SMILES string of the molecule is CN(C)CC1CN(c2ncc(S(N)(=O)=O)s2)CCO1. The highest BCUT2D eigenvalue weighted by Crippen LogP contribution is 2.26. The summed E-state index contributed by atoms with van der Waals surface area (Å²) in [6, 6.07) is 0. The number of primary sulfonamides is 1. The molecule has 0 bridgehead atoms. The van der Waals surface area contributed by atoms with Crippen LogP contribution < -0.4 is 10.0 Å². The Bertz CT molecular complexity index is 529. The van der Waals surface area contributed by atoms with Crippen molar-refractivity contribution in [2.75, 3.05) is 45.2 Å². The fraction of sp³-hybridized carbons (Fsp3) is 0.700. The first-order valence-electron chi connectivity index (χ1n) is 5.86. The van der Waals surface area contributed by atoms with Gasteiger partial charge in [-0.15, -0.1) is 0 Å². The van der Waals surface area contributed by atoms with Gasteiger partial charge in [0.25, 0.3) is 0 Å². The topological polar surface area (TPSA) is 88.8 Å². The number of anilines is 1. The van der Waals surface area contributed by atoms with E-state index in [1.165, 1.54) is 6.20 Å². The number of nitrogens with zero attached hydrogens (tertiary/aromatic N) is 3. The van der Waals surface area contributed by atoms with Crippen LogP contribution in [0.2, 0.25) is 0 Å². The lowest BCUT2D eigenvalue weighted by Gasteiger charge is -2.33. The highest BCUT2D eigenvalue weighted by Gasteiger charge is 2.24. The lowest BCUT2D eigenvalue weighted by Crippen LogP contribution is -2.46. The van der Waals surface area contributed by atoms with E-state index in [2.05, 4.69) is 9.88 Å². The molecule has 0 saturated carbocycles. The molecule has 1 atom stereocenters. The van der Waals surface area contributed by atoms with Gasteiger partial charge >= 0.3 is 0 Å². The Kier molecular flexibility index (Phi) is 4.41. The van der Waals surface area contributed by atoms with E-state index >= 15 is 0 Å². The zero-order valence-electron chi connectivity index (χ0n) is 10.9. The fourth-order valence-electron chi connectivity index (χ4n) is 1.94. The molecule has 2 N–H and O–H groups in total. The summed E-state index contributed by atoms with van der Waals surface area (Å²) in [7, 11) is 0.318. The van der Waals surface area contributed by atoms with Crippen molar-refractivity contribution < 1.29 is 13.2 Å². The second-order valence-corrected chi connectivity index (χ2v) is 7.51. The molecule has 1 unspecified atom stereocenters. The number of hydrogen-bond acceptors (Lipinski definition) is 7. The van der Waals surface area contributed by atoms with Gasteiger partial charge in [0.15, 0.2) is 9.34 Å². The molecule has 1 aromatic rings. The zero-order chi connectivity index (χ0) is 14.0. The maximum atomic E-state index is 11.2. The summed E-state index contributed by atoms with van der Waals surface area (Å²) >= 11 is 1.10. The normalized spacial score (nSPS) is 21.1. The smallest absolute Gasteiger partial charge is 0.249 e. The first-order chi connectivity index (χ1) is 8.86. The highest BCUT2D eigenvalue weighted by molar-refractivity contribution is 7.91. The van der Waals surface area contributed by atoms with Gasteiger partial charge in [-0.05, 0) is 14.1 Å². The highest BCUT2D eigenvalue weighted by atomic mass is 32.2. The first-order valence-corrected chi connectivity index (χ1v) is 8.22. The molecule has 19 heavy (non-hydrogen) atoms. The lowest BCUT2D eigenvalue weighted by molar-refractivity contribution is 0.0247. The van der Waals surface area contributed by atoms with Crippen LogP contribution in [-0.4, -0.2) is 64.7 Å². The third-order valence-corrected chi connectivity index (χ3v) is 5.20. The number of sulfonamides is 1. The van der Waals surface area contributed by atoms with Crippen molar-refractivity contribution in [3.8, 4) is 0 Å². The van der Waals surface area contributed by atoms with Crippen molar-refractivity contribution in [3.63, 3.8) is 0 Å². The van der Waals surface area contributed by atoms with Crippen molar-refractivity contribution in [1.29, 1.82) is 0 Å². The predicted molar refractivity (Wildman–Crippen MR) is 74.0 cm³/mol. The first kappa shape index (κ1) is 14.7. The van der Waals surface area contributed by atoms with Gasteiger partial charge in [0, 0.05) is 19.6 Å². The molecule has 9 heteroatoms. The van der Waals surface area contributed by atoms with Crippen molar-refractivity contribution in [1.82, 2.24) is 9.88 Å². The molecule has 1 fully saturated rings. The number of morpholine rings is 1. The minimum absolute atomic E-state index is 0.0955. The number of likely N-dealkylation sites (N-methyl/N-ethyl adjacent to an activating group) is 1. The van der Waals surface area contributed by atoms with E-state index in [4.69, 9.17) is 9.88 Å². The van der Waals surface area contributed by atoms with Crippen LogP contribution in [0.5, 0.6) is 0 Å². The van der Waals surface area contributed by atoms with Gasteiger partial charge in [0.05, 0.1) is 18.9 Å². The van der Waals surface area contributed by atoms with Gasteiger partial charge in [0.1, 0.15) is 0 Å². The van der Waals surface area contributed by atoms with Crippen LogP contribution in [0.15, 0.2) is 10.4 Å². The molecule has 0 radical (unpaired) electrons. The van der Waals surface area contributed by atoms with Crippen LogP contribution in [-0.2, 0) is 14.8 Å². The Balaban J connectivity index is 2.07. The standard InChI is InChI=1S/C10H18N4O3S2/c1-13(2)6-8-7-14(3-4-17-8)10-12-5-9(18-10)19(11,15)16/h5,8H,3-4,6-7H2,1-2H3,(H2,11,15,16). The zero-order valence-corrected chi connectivity index (χ0v) is 12.6. The number of nitrogens with two attached hydrogens (primary N) is 1. The van der Waals surface area contributed by atoms with Gasteiger partial charge in [-0.1, -0.05) is 11.3 Å². The molecule has 1 saturated heterocycles. The van der Waals surface area contributed by atoms with Crippen LogP contribution in [0.4, 0.5) is 5.13 Å². The second-order valence-electron chi connectivity index (χ2n) is 4.71. The van der Waals surface area contributed by atoms with Gasteiger partial charge in [-0.25, -0.2) is 18.5 Å². The third kappa shape index (κ3) is 3.86. The average molecular weight is 306 g/mol. The summed E-state index contributed by atoms with van der Waals surface area (Å²) in [6.07, 6.45) is 1.41. The number of hydrogen-bond donors (Lipinski definition) is 1. The summed E-state index contributed by atoms with van der Waals surface area (Å²) in [5.41, 5.74) is 0. The number of ether oxygens (including phenoxy) is 1. The minimum atomic E-state index is -3.66. The summed E-state index contributed by atoms with van der Waals surface area (Å²) in [5.74, 6) is 0. The molecule has 108 valence electrons. The molecule has 2 rings (SSSR count). The molecule has 0 amide bonds. The number of rotatable bonds is 4. The van der Waals surface area contributed by atoms with Crippen LogP contribution in [0.3, 0.4) is 0 Å². The number of thiazole rings is 1.